The summed E-state index contributed by atoms with van der Waals surface area (Å²) in [5.74, 6) is -0.234. The van der Waals surface area contributed by atoms with Crippen LogP contribution in [-0.4, -0.2) is 17.7 Å². The zero-order valence-electron chi connectivity index (χ0n) is 9.42. The van der Waals surface area contributed by atoms with E-state index < -0.39 is 6.10 Å². The summed E-state index contributed by atoms with van der Waals surface area (Å²) < 4.78 is 13.0. The van der Waals surface area contributed by atoms with Gasteiger partial charge in [-0.15, -0.1) is 0 Å². The van der Waals surface area contributed by atoms with Gasteiger partial charge in [0.2, 0.25) is 0 Å². The zero-order valence-corrected chi connectivity index (χ0v) is 9.42. The topological polar surface area (TPSA) is 32.3 Å². The highest BCUT2D eigenvalue weighted by Crippen LogP contribution is 2.19. The van der Waals surface area contributed by atoms with E-state index in [-0.39, 0.29) is 11.9 Å². The maximum Gasteiger partial charge on any atom is 0.126 e. The second-order valence-corrected chi connectivity index (χ2v) is 3.80. The van der Waals surface area contributed by atoms with Crippen molar-refractivity contribution in [2.75, 3.05) is 6.54 Å². The molecule has 2 atom stereocenters. The zero-order chi connectivity index (χ0) is 11.4. The fourth-order valence-corrected chi connectivity index (χ4v) is 1.57. The van der Waals surface area contributed by atoms with Gasteiger partial charge in [0.15, 0.2) is 0 Å². The van der Waals surface area contributed by atoms with Crippen molar-refractivity contribution in [1.82, 2.24) is 5.32 Å². The third kappa shape index (κ3) is 3.01. The van der Waals surface area contributed by atoms with E-state index in [0.29, 0.717) is 5.56 Å². The molecule has 0 heterocycles. The first-order valence-corrected chi connectivity index (χ1v) is 5.23. The van der Waals surface area contributed by atoms with Crippen LogP contribution in [0.5, 0.6) is 0 Å². The molecular weight excluding hydrogens is 193 g/mol. The van der Waals surface area contributed by atoms with Crippen molar-refractivity contribution in [2.45, 2.75) is 32.9 Å². The number of aliphatic hydroxyl groups excluding tert-OH is 1. The van der Waals surface area contributed by atoms with E-state index >= 15 is 0 Å². The van der Waals surface area contributed by atoms with Crippen molar-refractivity contribution in [2.24, 2.45) is 0 Å². The molecule has 2 nitrogen and oxygen atoms in total. The van der Waals surface area contributed by atoms with Crippen molar-refractivity contribution in [3.05, 3.63) is 35.1 Å². The van der Waals surface area contributed by atoms with E-state index in [1.54, 1.807) is 19.1 Å². The lowest BCUT2D eigenvalue weighted by Crippen LogP contribution is -2.31. The van der Waals surface area contributed by atoms with Gasteiger partial charge in [0.1, 0.15) is 5.82 Å². The Morgan fingerprint density at radius 1 is 1.47 bits per heavy atom. The summed E-state index contributed by atoms with van der Waals surface area (Å²) in [6.45, 7) is 6.40. The van der Waals surface area contributed by atoms with Crippen LogP contribution in [0, 0.1) is 12.7 Å². The minimum Gasteiger partial charge on any atom is -0.387 e. The van der Waals surface area contributed by atoms with Crippen LogP contribution in [0.15, 0.2) is 18.2 Å². The molecule has 0 aliphatic carbocycles. The molecule has 0 fully saturated rings. The average Bonchev–Trinajstić information content (AvgIpc) is 2.21. The van der Waals surface area contributed by atoms with Gasteiger partial charge in [-0.3, -0.25) is 0 Å². The Kier molecular flexibility index (Phi) is 4.24. The molecule has 0 saturated heterocycles. The minimum atomic E-state index is -0.593. The number of halogens is 1. The predicted molar refractivity (Wildman–Crippen MR) is 59.2 cm³/mol. The van der Waals surface area contributed by atoms with Gasteiger partial charge in [-0.25, -0.2) is 4.39 Å². The Hall–Kier alpha value is -0.930. The van der Waals surface area contributed by atoms with Gasteiger partial charge in [-0.05, 0) is 37.6 Å². The van der Waals surface area contributed by atoms with Gasteiger partial charge in [-0.2, -0.15) is 0 Å². The molecule has 84 valence electrons. The first-order valence-electron chi connectivity index (χ1n) is 5.23. The number of rotatable bonds is 4. The molecule has 1 aromatic carbocycles. The quantitative estimate of drug-likeness (QED) is 0.800. The van der Waals surface area contributed by atoms with E-state index in [4.69, 9.17) is 0 Å². The van der Waals surface area contributed by atoms with Crippen molar-refractivity contribution < 1.29 is 9.50 Å². The fraction of sp³-hybridized carbons (Fsp3) is 0.500. The largest absolute Gasteiger partial charge is 0.387 e. The van der Waals surface area contributed by atoms with Crippen molar-refractivity contribution in [1.29, 1.82) is 0 Å². The van der Waals surface area contributed by atoms with Crippen LogP contribution in [0.2, 0.25) is 0 Å². The van der Waals surface area contributed by atoms with Crippen LogP contribution in [0.1, 0.15) is 31.1 Å². The summed E-state index contributed by atoms with van der Waals surface area (Å²) >= 11 is 0. The van der Waals surface area contributed by atoms with Crippen LogP contribution in [0.3, 0.4) is 0 Å². The number of hydrogen-bond acceptors (Lipinski definition) is 2. The van der Waals surface area contributed by atoms with E-state index in [2.05, 4.69) is 5.32 Å². The highest BCUT2D eigenvalue weighted by Gasteiger charge is 2.15. The second-order valence-electron chi connectivity index (χ2n) is 3.80. The standard InChI is InChI=1S/C12H18FNO/c1-4-14-9(3)12(15)10-5-6-11(13)8(2)7-10/h5-7,9,12,14-15H,4H2,1-3H3. The van der Waals surface area contributed by atoms with Crippen molar-refractivity contribution in [3.8, 4) is 0 Å². The van der Waals surface area contributed by atoms with Crippen LogP contribution < -0.4 is 5.32 Å². The van der Waals surface area contributed by atoms with Gasteiger partial charge < -0.3 is 10.4 Å². The molecule has 2 unspecified atom stereocenters. The Labute approximate surface area is 90.1 Å². The molecule has 3 heteroatoms. The van der Waals surface area contributed by atoms with Crippen LogP contribution in [0.4, 0.5) is 4.39 Å². The second kappa shape index (κ2) is 5.24. The Morgan fingerprint density at radius 2 is 2.13 bits per heavy atom. The molecule has 0 saturated carbocycles. The van der Waals surface area contributed by atoms with Gasteiger partial charge in [0, 0.05) is 6.04 Å². The average molecular weight is 211 g/mol. The molecule has 1 rings (SSSR count). The number of likely N-dealkylation sites (N-methyl/N-ethyl adjacent to an activating group) is 1. The van der Waals surface area contributed by atoms with Crippen LogP contribution in [0.25, 0.3) is 0 Å². The molecule has 0 amide bonds. The number of nitrogens with one attached hydrogen (secondary N) is 1. The van der Waals surface area contributed by atoms with Crippen molar-refractivity contribution >= 4 is 0 Å². The Balaban J connectivity index is 2.81. The Morgan fingerprint density at radius 3 is 2.67 bits per heavy atom. The van der Waals surface area contributed by atoms with E-state index in [1.165, 1.54) is 6.07 Å². The van der Waals surface area contributed by atoms with E-state index in [1.807, 2.05) is 13.8 Å². The van der Waals surface area contributed by atoms with Gasteiger partial charge in [-0.1, -0.05) is 19.1 Å². The highest BCUT2D eigenvalue weighted by atomic mass is 19.1. The first-order chi connectivity index (χ1) is 7.06. The molecule has 0 bridgehead atoms. The number of aryl methyl sites for hydroxylation is 1. The summed E-state index contributed by atoms with van der Waals surface area (Å²) in [6, 6.07) is 4.68. The number of benzene rings is 1. The smallest absolute Gasteiger partial charge is 0.126 e. The lowest BCUT2D eigenvalue weighted by molar-refractivity contribution is 0.137. The number of aliphatic hydroxyl groups is 1. The molecule has 0 spiro atoms. The third-order valence-electron chi connectivity index (χ3n) is 2.52. The van der Waals surface area contributed by atoms with E-state index in [0.717, 1.165) is 12.1 Å². The molecule has 0 radical (unpaired) electrons. The molecular formula is C12H18FNO. The first kappa shape index (κ1) is 12.1. The maximum absolute atomic E-state index is 13.0. The molecule has 2 N–H and O–H groups in total. The SMILES string of the molecule is CCNC(C)C(O)c1ccc(F)c(C)c1. The van der Waals surface area contributed by atoms with E-state index in [9.17, 15) is 9.50 Å². The third-order valence-corrected chi connectivity index (χ3v) is 2.52. The molecule has 0 aliphatic heterocycles. The maximum atomic E-state index is 13.0. The summed E-state index contributed by atoms with van der Waals surface area (Å²) in [5, 5.41) is 13.1. The van der Waals surface area contributed by atoms with Gasteiger partial charge in [0.25, 0.3) is 0 Å². The summed E-state index contributed by atoms with van der Waals surface area (Å²) in [6.07, 6.45) is -0.593. The molecule has 0 aromatic heterocycles. The minimum absolute atomic E-state index is 0.0279. The highest BCUT2D eigenvalue weighted by molar-refractivity contribution is 5.26. The normalized spacial score (nSPS) is 15.0. The monoisotopic (exact) mass is 211 g/mol. The molecule has 15 heavy (non-hydrogen) atoms. The lowest BCUT2D eigenvalue weighted by atomic mass is 10.0. The number of hydrogen-bond donors (Lipinski definition) is 2. The van der Waals surface area contributed by atoms with Crippen molar-refractivity contribution in [3.63, 3.8) is 0 Å². The van der Waals surface area contributed by atoms with Gasteiger partial charge in [0.05, 0.1) is 6.10 Å². The van der Waals surface area contributed by atoms with Gasteiger partial charge >= 0.3 is 0 Å². The van der Waals surface area contributed by atoms with Crippen LogP contribution >= 0.6 is 0 Å². The summed E-state index contributed by atoms with van der Waals surface area (Å²) in [5.41, 5.74) is 1.32. The summed E-state index contributed by atoms with van der Waals surface area (Å²) in [4.78, 5) is 0. The fourth-order valence-electron chi connectivity index (χ4n) is 1.57. The lowest BCUT2D eigenvalue weighted by Gasteiger charge is -2.20. The predicted octanol–water partition coefficient (Wildman–Crippen LogP) is 2.17. The summed E-state index contributed by atoms with van der Waals surface area (Å²) in [7, 11) is 0. The molecule has 1 aromatic rings. The Bertz CT molecular complexity index is 327. The molecule has 0 aliphatic rings. The van der Waals surface area contributed by atoms with Crippen LogP contribution in [-0.2, 0) is 0 Å².